The van der Waals surface area contributed by atoms with E-state index in [2.05, 4.69) is 11.7 Å². The SMILES string of the molecule is CCCCC[C@@H](CCCCCCCCCC(=O)OC)O[C@@H]1O[C@@H](C)[C@H](OC(C)=O)[C@H]2OC(C)(C)O[C@@H]12. The van der Waals surface area contributed by atoms with Crippen LogP contribution in [-0.2, 0) is 38.0 Å². The van der Waals surface area contributed by atoms with E-state index < -0.39 is 30.4 Å². The molecule has 0 aliphatic carbocycles. The Morgan fingerprint density at radius 1 is 0.889 bits per heavy atom. The van der Waals surface area contributed by atoms with Gasteiger partial charge in [0, 0.05) is 13.3 Å². The Bertz CT molecular complexity index is 651. The van der Waals surface area contributed by atoms with E-state index in [1.54, 1.807) is 0 Å². The molecule has 0 spiro atoms. The fraction of sp³-hybridized carbons (Fsp3) is 0.929. The minimum atomic E-state index is -0.794. The predicted molar refractivity (Wildman–Crippen MR) is 136 cm³/mol. The molecule has 8 nitrogen and oxygen atoms in total. The van der Waals surface area contributed by atoms with Crippen molar-refractivity contribution in [1.82, 2.24) is 0 Å². The van der Waals surface area contributed by atoms with Gasteiger partial charge in [-0.05, 0) is 40.0 Å². The maximum absolute atomic E-state index is 11.7. The van der Waals surface area contributed by atoms with Crippen molar-refractivity contribution in [3.05, 3.63) is 0 Å². The molecule has 210 valence electrons. The highest BCUT2D eigenvalue weighted by molar-refractivity contribution is 5.69. The molecule has 2 aliphatic rings. The fourth-order valence-electron chi connectivity index (χ4n) is 5.10. The Morgan fingerprint density at radius 2 is 1.47 bits per heavy atom. The van der Waals surface area contributed by atoms with Crippen molar-refractivity contribution >= 4 is 11.9 Å². The van der Waals surface area contributed by atoms with Gasteiger partial charge in [0.2, 0.25) is 0 Å². The quantitative estimate of drug-likeness (QED) is 0.177. The Kier molecular flexibility index (Phi) is 13.7. The Labute approximate surface area is 218 Å². The number of methoxy groups -OCH3 is 1. The number of esters is 2. The van der Waals surface area contributed by atoms with Gasteiger partial charge in [-0.2, -0.15) is 0 Å². The predicted octanol–water partition coefficient (Wildman–Crippen LogP) is 5.83. The summed E-state index contributed by atoms with van der Waals surface area (Å²) in [5.41, 5.74) is 0. The molecule has 0 saturated carbocycles. The summed E-state index contributed by atoms with van der Waals surface area (Å²) in [6.07, 6.45) is 11.5. The largest absolute Gasteiger partial charge is 0.469 e. The molecule has 0 unspecified atom stereocenters. The molecule has 2 rings (SSSR count). The summed E-state index contributed by atoms with van der Waals surface area (Å²) >= 11 is 0. The molecule has 0 aromatic rings. The van der Waals surface area contributed by atoms with Gasteiger partial charge in [-0.25, -0.2) is 0 Å². The van der Waals surface area contributed by atoms with Crippen LogP contribution in [0.4, 0.5) is 0 Å². The van der Waals surface area contributed by atoms with Crippen molar-refractivity contribution < 1.29 is 38.0 Å². The third kappa shape index (κ3) is 10.6. The van der Waals surface area contributed by atoms with E-state index in [-0.39, 0.29) is 24.1 Å². The number of carbonyl (C=O) groups excluding carboxylic acids is 2. The maximum Gasteiger partial charge on any atom is 0.305 e. The molecule has 0 amide bonds. The number of fused-ring (bicyclic) bond motifs is 1. The smallest absolute Gasteiger partial charge is 0.305 e. The summed E-state index contributed by atoms with van der Waals surface area (Å²) in [6, 6.07) is 0. The van der Waals surface area contributed by atoms with Crippen LogP contribution in [0.1, 0.15) is 118 Å². The lowest BCUT2D eigenvalue weighted by Gasteiger charge is -2.41. The number of hydrogen-bond donors (Lipinski definition) is 0. The first-order valence-corrected chi connectivity index (χ1v) is 14.1. The molecule has 0 N–H and O–H groups in total. The van der Waals surface area contributed by atoms with Crippen LogP contribution < -0.4 is 0 Å². The average Bonchev–Trinajstić information content (AvgIpc) is 3.15. The Hall–Kier alpha value is -1.22. The van der Waals surface area contributed by atoms with E-state index in [9.17, 15) is 9.59 Å². The van der Waals surface area contributed by atoms with Crippen molar-refractivity contribution in [2.75, 3.05) is 7.11 Å². The van der Waals surface area contributed by atoms with Crippen LogP contribution in [0.25, 0.3) is 0 Å². The van der Waals surface area contributed by atoms with Crippen molar-refractivity contribution in [3.8, 4) is 0 Å². The summed E-state index contributed by atoms with van der Waals surface area (Å²) in [5.74, 6) is -1.27. The zero-order valence-corrected chi connectivity index (χ0v) is 23.4. The van der Waals surface area contributed by atoms with E-state index >= 15 is 0 Å². The van der Waals surface area contributed by atoms with Gasteiger partial charge >= 0.3 is 11.9 Å². The lowest BCUT2D eigenvalue weighted by Crippen LogP contribution is -2.57. The normalized spacial score (nSPS) is 27.9. The first kappa shape index (κ1) is 31.0. The molecule has 6 atom stereocenters. The van der Waals surface area contributed by atoms with E-state index in [4.69, 9.17) is 23.7 Å². The molecule has 36 heavy (non-hydrogen) atoms. The van der Waals surface area contributed by atoms with Crippen LogP contribution in [0.3, 0.4) is 0 Å². The van der Waals surface area contributed by atoms with E-state index in [0.717, 1.165) is 44.9 Å². The molecule has 2 heterocycles. The highest BCUT2D eigenvalue weighted by atomic mass is 16.8. The zero-order valence-electron chi connectivity index (χ0n) is 23.4. The van der Waals surface area contributed by atoms with Crippen molar-refractivity contribution in [2.24, 2.45) is 0 Å². The molecule has 2 fully saturated rings. The number of rotatable bonds is 17. The van der Waals surface area contributed by atoms with Crippen molar-refractivity contribution in [1.29, 1.82) is 0 Å². The molecular formula is C28H50O8. The van der Waals surface area contributed by atoms with Gasteiger partial charge in [0.05, 0.1) is 19.3 Å². The van der Waals surface area contributed by atoms with Gasteiger partial charge < -0.3 is 28.4 Å². The third-order valence-electron chi connectivity index (χ3n) is 6.96. The van der Waals surface area contributed by atoms with Gasteiger partial charge in [0.15, 0.2) is 18.2 Å². The van der Waals surface area contributed by atoms with Gasteiger partial charge in [-0.3, -0.25) is 9.59 Å². The summed E-state index contributed by atoms with van der Waals surface area (Å²) < 4.78 is 35.3. The van der Waals surface area contributed by atoms with Crippen LogP contribution in [0.15, 0.2) is 0 Å². The Morgan fingerprint density at radius 3 is 2.08 bits per heavy atom. The molecule has 2 saturated heterocycles. The highest BCUT2D eigenvalue weighted by Crippen LogP contribution is 2.39. The minimum absolute atomic E-state index is 0.0899. The number of carbonyl (C=O) groups is 2. The highest BCUT2D eigenvalue weighted by Gasteiger charge is 2.56. The molecule has 2 aliphatic heterocycles. The number of hydrogen-bond acceptors (Lipinski definition) is 8. The first-order chi connectivity index (χ1) is 17.2. The van der Waals surface area contributed by atoms with E-state index in [0.29, 0.717) is 6.42 Å². The first-order valence-electron chi connectivity index (χ1n) is 14.1. The minimum Gasteiger partial charge on any atom is -0.469 e. The van der Waals surface area contributed by atoms with Gasteiger partial charge in [0.25, 0.3) is 0 Å². The molecule has 0 aromatic heterocycles. The molecule has 0 aromatic carbocycles. The van der Waals surface area contributed by atoms with Crippen molar-refractivity contribution in [2.45, 2.75) is 161 Å². The topological polar surface area (TPSA) is 89.5 Å². The van der Waals surface area contributed by atoms with E-state index in [1.807, 2.05) is 20.8 Å². The van der Waals surface area contributed by atoms with Crippen molar-refractivity contribution in [3.63, 3.8) is 0 Å². The molecular weight excluding hydrogens is 464 g/mol. The summed E-state index contributed by atoms with van der Waals surface area (Å²) in [7, 11) is 1.44. The molecule has 0 bridgehead atoms. The standard InChI is InChI=1S/C28H50O8/c1-7-8-14-17-22(18-15-12-10-9-11-13-16-19-23(30)31-6)34-27-26-25(35-28(4,5)36-26)24(20(2)32-27)33-21(3)29/h20,22,24-27H,7-19H2,1-6H3/t20-,22-,24-,25+,26+,27-/m0/s1. The second-order valence-electron chi connectivity index (χ2n) is 10.7. The fourth-order valence-corrected chi connectivity index (χ4v) is 5.10. The second-order valence-corrected chi connectivity index (χ2v) is 10.7. The second kappa shape index (κ2) is 15.9. The summed E-state index contributed by atoms with van der Waals surface area (Å²) in [6.45, 7) is 9.24. The monoisotopic (exact) mass is 514 g/mol. The lowest BCUT2D eigenvalue weighted by atomic mass is 9.99. The maximum atomic E-state index is 11.7. The van der Waals surface area contributed by atoms with Gasteiger partial charge in [-0.1, -0.05) is 64.7 Å². The van der Waals surface area contributed by atoms with Crippen LogP contribution in [-0.4, -0.2) is 61.6 Å². The van der Waals surface area contributed by atoms with Crippen LogP contribution in [0.2, 0.25) is 0 Å². The zero-order chi connectivity index (χ0) is 26.6. The lowest BCUT2D eigenvalue weighted by molar-refractivity contribution is -0.287. The third-order valence-corrected chi connectivity index (χ3v) is 6.96. The molecule has 8 heteroatoms. The summed E-state index contributed by atoms with van der Waals surface area (Å²) in [5, 5.41) is 0. The molecule has 0 radical (unpaired) electrons. The Balaban J connectivity index is 1.84. The van der Waals surface area contributed by atoms with Crippen LogP contribution >= 0.6 is 0 Å². The van der Waals surface area contributed by atoms with E-state index in [1.165, 1.54) is 46.1 Å². The number of ether oxygens (including phenoxy) is 6. The van der Waals surface area contributed by atoms with Gasteiger partial charge in [0.1, 0.15) is 12.2 Å². The van der Waals surface area contributed by atoms with Gasteiger partial charge in [-0.15, -0.1) is 0 Å². The average molecular weight is 515 g/mol. The summed E-state index contributed by atoms with van der Waals surface area (Å²) in [4.78, 5) is 22.9. The van der Waals surface area contributed by atoms with Crippen LogP contribution in [0.5, 0.6) is 0 Å². The number of unbranched alkanes of at least 4 members (excludes halogenated alkanes) is 8. The van der Waals surface area contributed by atoms with Crippen LogP contribution in [0, 0.1) is 0 Å².